The van der Waals surface area contributed by atoms with Crippen molar-refractivity contribution in [3.05, 3.63) is 16.7 Å². The van der Waals surface area contributed by atoms with E-state index in [4.69, 9.17) is 22.4 Å². The molecular weight excluding hydrogens is 202 g/mol. The molecule has 0 bridgehead atoms. The van der Waals surface area contributed by atoms with Gasteiger partial charge < -0.3 is 15.4 Å². The van der Waals surface area contributed by atoms with Gasteiger partial charge in [0.1, 0.15) is 5.82 Å². The fraction of sp³-hybridized carbons (Fsp3) is 0.667. The summed E-state index contributed by atoms with van der Waals surface area (Å²) < 4.78 is 2.05. The van der Waals surface area contributed by atoms with Crippen LogP contribution in [0.3, 0.4) is 0 Å². The van der Waals surface area contributed by atoms with Crippen LogP contribution < -0.4 is 5.73 Å². The number of hydrogen-bond donors (Lipinski definition) is 2. The Balaban J connectivity index is 2.42. The van der Waals surface area contributed by atoms with E-state index in [9.17, 15) is 0 Å². The number of hydrogen-bond acceptors (Lipinski definition) is 3. The van der Waals surface area contributed by atoms with E-state index in [1.807, 2.05) is 4.57 Å². The monoisotopic (exact) mass is 215 g/mol. The molecular formula is C9H14ClN3O. The number of aliphatic hydroxyl groups is 1. The Morgan fingerprint density at radius 2 is 2.36 bits per heavy atom. The summed E-state index contributed by atoms with van der Waals surface area (Å²) in [6.07, 6.45) is 3.24. The second-order valence-electron chi connectivity index (χ2n) is 3.60. The molecule has 1 aromatic rings. The molecule has 0 saturated carbocycles. The lowest BCUT2D eigenvalue weighted by atomic mass is 10.1. The summed E-state index contributed by atoms with van der Waals surface area (Å²) in [5.41, 5.74) is 6.55. The van der Waals surface area contributed by atoms with Gasteiger partial charge in [0, 0.05) is 13.0 Å². The summed E-state index contributed by atoms with van der Waals surface area (Å²) in [6, 6.07) is -0.415. The Morgan fingerprint density at radius 3 is 3.07 bits per heavy atom. The number of rotatable bonds is 2. The van der Waals surface area contributed by atoms with E-state index >= 15 is 0 Å². The van der Waals surface area contributed by atoms with Gasteiger partial charge in [-0.15, -0.1) is 0 Å². The quantitative estimate of drug-likeness (QED) is 0.770. The zero-order valence-corrected chi connectivity index (χ0v) is 8.67. The van der Waals surface area contributed by atoms with Gasteiger partial charge in [0.25, 0.3) is 0 Å². The van der Waals surface area contributed by atoms with Crippen LogP contribution in [0.1, 0.15) is 30.4 Å². The van der Waals surface area contributed by atoms with Gasteiger partial charge in [-0.3, -0.25) is 0 Å². The van der Waals surface area contributed by atoms with Crippen LogP contribution in [0.25, 0.3) is 0 Å². The minimum Gasteiger partial charge on any atom is -0.394 e. The molecule has 0 fully saturated rings. The molecule has 14 heavy (non-hydrogen) atoms. The number of halogens is 1. The lowest BCUT2D eigenvalue weighted by molar-refractivity contribution is 0.262. The van der Waals surface area contributed by atoms with E-state index in [1.54, 1.807) is 0 Å². The topological polar surface area (TPSA) is 64.1 Å². The average molecular weight is 216 g/mol. The Kier molecular flexibility index (Phi) is 2.76. The first-order chi connectivity index (χ1) is 6.74. The molecule has 1 unspecified atom stereocenters. The molecule has 2 rings (SSSR count). The van der Waals surface area contributed by atoms with Gasteiger partial charge in [0.15, 0.2) is 5.15 Å². The van der Waals surface area contributed by atoms with Crippen molar-refractivity contribution in [1.82, 2.24) is 9.55 Å². The third kappa shape index (κ3) is 1.54. The van der Waals surface area contributed by atoms with E-state index < -0.39 is 6.04 Å². The second kappa shape index (κ2) is 3.88. The van der Waals surface area contributed by atoms with Crippen LogP contribution in [-0.2, 0) is 13.0 Å². The maximum atomic E-state index is 9.01. The fourth-order valence-corrected chi connectivity index (χ4v) is 2.25. The smallest absolute Gasteiger partial charge is 0.152 e. The molecule has 0 radical (unpaired) electrons. The summed E-state index contributed by atoms with van der Waals surface area (Å²) >= 11 is 5.99. The van der Waals surface area contributed by atoms with E-state index in [-0.39, 0.29) is 6.61 Å². The number of aromatic nitrogens is 2. The van der Waals surface area contributed by atoms with Crippen LogP contribution in [0.4, 0.5) is 0 Å². The van der Waals surface area contributed by atoms with E-state index in [0.29, 0.717) is 5.15 Å². The Bertz CT molecular complexity index is 337. The molecule has 1 atom stereocenters. The second-order valence-corrected chi connectivity index (χ2v) is 3.96. The molecule has 1 aliphatic rings. The summed E-state index contributed by atoms with van der Waals surface area (Å²) in [5.74, 6) is 1.00. The average Bonchev–Trinajstić information content (AvgIpc) is 2.53. The molecule has 3 N–H and O–H groups in total. The van der Waals surface area contributed by atoms with Crippen molar-refractivity contribution in [3.63, 3.8) is 0 Å². The number of fused-ring (bicyclic) bond motifs is 1. The van der Waals surface area contributed by atoms with Gasteiger partial charge in [-0.2, -0.15) is 0 Å². The van der Waals surface area contributed by atoms with E-state index in [2.05, 4.69) is 4.98 Å². The van der Waals surface area contributed by atoms with Crippen LogP contribution >= 0.6 is 11.6 Å². The maximum absolute atomic E-state index is 9.01. The minimum absolute atomic E-state index is 0.0924. The Hall–Kier alpha value is -0.580. The van der Waals surface area contributed by atoms with Crippen LogP contribution in [0.2, 0.25) is 5.15 Å². The van der Waals surface area contributed by atoms with Crippen molar-refractivity contribution in [3.8, 4) is 0 Å². The van der Waals surface area contributed by atoms with Crippen LogP contribution in [-0.4, -0.2) is 21.3 Å². The zero-order valence-electron chi connectivity index (χ0n) is 7.91. The first-order valence-corrected chi connectivity index (χ1v) is 5.23. The van der Waals surface area contributed by atoms with Gasteiger partial charge in [-0.1, -0.05) is 11.6 Å². The number of imidazole rings is 1. The number of aliphatic hydroxyl groups excluding tert-OH is 1. The van der Waals surface area contributed by atoms with E-state index in [1.165, 1.54) is 0 Å². The lowest BCUT2D eigenvalue weighted by Crippen LogP contribution is -2.22. The van der Waals surface area contributed by atoms with Gasteiger partial charge in [0.2, 0.25) is 0 Å². The summed E-state index contributed by atoms with van der Waals surface area (Å²) in [4.78, 5) is 4.26. The van der Waals surface area contributed by atoms with Crippen molar-refractivity contribution < 1.29 is 5.11 Å². The maximum Gasteiger partial charge on any atom is 0.152 e. The molecule has 0 spiro atoms. The highest BCUT2D eigenvalue weighted by atomic mass is 35.5. The molecule has 78 valence electrons. The molecule has 1 aromatic heterocycles. The SMILES string of the molecule is NC(CO)c1c(Cl)nc2n1CCCC2. The molecule has 2 heterocycles. The number of nitrogens with zero attached hydrogens (tertiary/aromatic N) is 2. The predicted octanol–water partition coefficient (Wildman–Crippen LogP) is 0.865. The molecule has 0 saturated heterocycles. The fourth-order valence-electron chi connectivity index (χ4n) is 1.91. The summed E-state index contributed by atoms with van der Waals surface area (Å²) in [6.45, 7) is 0.822. The van der Waals surface area contributed by atoms with E-state index in [0.717, 1.165) is 37.3 Å². The highest BCUT2D eigenvalue weighted by Crippen LogP contribution is 2.26. The third-order valence-electron chi connectivity index (χ3n) is 2.62. The standard InChI is InChI=1S/C9H14ClN3O/c10-9-8(6(11)5-14)13-4-2-1-3-7(13)12-9/h6,14H,1-5,11H2. The first-order valence-electron chi connectivity index (χ1n) is 4.85. The molecule has 0 amide bonds. The van der Waals surface area contributed by atoms with Crippen molar-refractivity contribution in [2.24, 2.45) is 5.73 Å². The Morgan fingerprint density at radius 1 is 1.57 bits per heavy atom. The van der Waals surface area contributed by atoms with Gasteiger partial charge in [0.05, 0.1) is 18.3 Å². The van der Waals surface area contributed by atoms with Gasteiger partial charge in [-0.05, 0) is 12.8 Å². The zero-order chi connectivity index (χ0) is 10.1. The predicted molar refractivity (Wildman–Crippen MR) is 54.2 cm³/mol. The van der Waals surface area contributed by atoms with Crippen molar-refractivity contribution in [2.45, 2.75) is 31.8 Å². The molecule has 5 heteroatoms. The normalized spacial score (nSPS) is 17.9. The lowest BCUT2D eigenvalue weighted by Gasteiger charge is -2.18. The third-order valence-corrected chi connectivity index (χ3v) is 2.90. The van der Waals surface area contributed by atoms with Crippen LogP contribution in [0.15, 0.2) is 0 Å². The number of nitrogens with two attached hydrogens (primary N) is 1. The highest BCUT2D eigenvalue weighted by molar-refractivity contribution is 6.30. The van der Waals surface area contributed by atoms with Crippen molar-refractivity contribution in [1.29, 1.82) is 0 Å². The van der Waals surface area contributed by atoms with Crippen LogP contribution in [0.5, 0.6) is 0 Å². The summed E-state index contributed by atoms with van der Waals surface area (Å²) in [5, 5.41) is 9.46. The molecule has 1 aliphatic heterocycles. The largest absolute Gasteiger partial charge is 0.394 e. The van der Waals surface area contributed by atoms with Crippen molar-refractivity contribution in [2.75, 3.05) is 6.61 Å². The number of aryl methyl sites for hydroxylation is 1. The van der Waals surface area contributed by atoms with Gasteiger partial charge in [-0.25, -0.2) is 4.98 Å². The van der Waals surface area contributed by atoms with Gasteiger partial charge >= 0.3 is 0 Å². The first kappa shape index (κ1) is 9.96. The molecule has 0 aromatic carbocycles. The summed E-state index contributed by atoms with van der Waals surface area (Å²) in [7, 11) is 0. The minimum atomic E-state index is -0.415. The highest BCUT2D eigenvalue weighted by Gasteiger charge is 2.22. The molecule has 4 nitrogen and oxygen atoms in total. The Labute approximate surface area is 87.7 Å². The van der Waals surface area contributed by atoms with Crippen LogP contribution in [0, 0.1) is 0 Å². The van der Waals surface area contributed by atoms with Crippen molar-refractivity contribution >= 4 is 11.6 Å². The molecule has 0 aliphatic carbocycles.